The Morgan fingerprint density at radius 1 is 1.45 bits per heavy atom. The molecule has 1 heterocycles. The van der Waals surface area contributed by atoms with Crippen LogP contribution in [-0.4, -0.2) is 17.7 Å². The monoisotopic (exact) mass is 340 g/mol. The number of ether oxygens (including phenoxy) is 1. The van der Waals surface area contributed by atoms with Gasteiger partial charge in [-0.3, -0.25) is 0 Å². The van der Waals surface area contributed by atoms with E-state index in [1.807, 2.05) is 39.0 Å². The van der Waals surface area contributed by atoms with E-state index in [0.717, 1.165) is 22.1 Å². The van der Waals surface area contributed by atoms with Crippen molar-refractivity contribution in [3.05, 3.63) is 28.2 Å². The van der Waals surface area contributed by atoms with Gasteiger partial charge in [-0.2, -0.15) is 0 Å². The first kappa shape index (κ1) is 15.2. The minimum absolute atomic E-state index is 0.0337. The minimum Gasteiger partial charge on any atom is -0.444 e. The van der Waals surface area contributed by atoms with Crippen LogP contribution in [-0.2, 0) is 4.74 Å². The molecular formula is C15H21BrN2O2. The van der Waals surface area contributed by atoms with E-state index < -0.39 is 5.60 Å². The number of nitrogens with one attached hydrogen (secondary N) is 2. The van der Waals surface area contributed by atoms with Crippen LogP contribution in [0.1, 0.15) is 45.7 Å². The fraction of sp³-hybridized carbons (Fsp3) is 0.533. The van der Waals surface area contributed by atoms with E-state index in [9.17, 15) is 4.79 Å². The fourth-order valence-corrected chi connectivity index (χ4v) is 2.72. The highest BCUT2D eigenvalue weighted by atomic mass is 79.9. The normalized spacial score (nSPS) is 21.6. The summed E-state index contributed by atoms with van der Waals surface area (Å²) in [6, 6.07) is 6.33. The van der Waals surface area contributed by atoms with Crippen LogP contribution in [0, 0.1) is 0 Å². The summed E-state index contributed by atoms with van der Waals surface area (Å²) >= 11 is 3.48. The topological polar surface area (TPSA) is 50.4 Å². The highest BCUT2D eigenvalue weighted by Gasteiger charge is 2.27. The lowest BCUT2D eigenvalue weighted by molar-refractivity contribution is 0.0499. The highest BCUT2D eigenvalue weighted by Crippen LogP contribution is 2.34. The molecule has 0 aromatic heterocycles. The molecule has 1 aromatic carbocycles. The highest BCUT2D eigenvalue weighted by molar-refractivity contribution is 9.10. The number of alkyl carbamates (subject to hydrolysis) is 1. The van der Waals surface area contributed by atoms with Crippen LogP contribution in [0.25, 0.3) is 0 Å². The summed E-state index contributed by atoms with van der Waals surface area (Å²) in [6.45, 7) is 7.70. The molecule has 1 aliphatic rings. The zero-order valence-electron chi connectivity index (χ0n) is 12.3. The van der Waals surface area contributed by atoms with Gasteiger partial charge in [-0.15, -0.1) is 0 Å². The Labute approximate surface area is 128 Å². The van der Waals surface area contributed by atoms with Crippen molar-refractivity contribution in [2.75, 3.05) is 5.32 Å². The summed E-state index contributed by atoms with van der Waals surface area (Å²) in [4.78, 5) is 12.0. The van der Waals surface area contributed by atoms with Crippen molar-refractivity contribution in [2.24, 2.45) is 0 Å². The molecule has 0 saturated carbocycles. The van der Waals surface area contributed by atoms with Gasteiger partial charge in [0.25, 0.3) is 0 Å². The number of rotatable bonds is 1. The van der Waals surface area contributed by atoms with Gasteiger partial charge < -0.3 is 15.4 Å². The van der Waals surface area contributed by atoms with E-state index >= 15 is 0 Å². The summed E-state index contributed by atoms with van der Waals surface area (Å²) in [6.07, 6.45) is 0.463. The largest absolute Gasteiger partial charge is 0.444 e. The van der Waals surface area contributed by atoms with Gasteiger partial charge in [-0.1, -0.05) is 15.9 Å². The van der Waals surface area contributed by atoms with E-state index in [-0.39, 0.29) is 12.1 Å². The van der Waals surface area contributed by atoms with Gasteiger partial charge in [0, 0.05) is 16.2 Å². The van der Waals surface area contributed by atoms with E-state index in [0.29, 0.717) is 6.04 Å². The molecule has 20 heavy (non-hydrogen) atoms. The second-order valence-corrected chi connectivity index (χ2v) is 7.13. The molecule has 0 fully saturated rings. The molecule has 2 atom stereocenters. The molecule has 110 valence electrons. The summed E-state index contributed by atoms with van der Waals surface area (Å²) < 4.78 is 6.34. The Morgan fingerprint density at radius 2 is 2.15 bits per heavy atom. The van der Waals surface area contributed by atoms with Gasteiger partial charge in [0.05, 0.1) is 6.04 Å². The molecule has 1 amide bonds. The van der Waals surface area contributed by atoms with E-state index in [4.69, 9.17) is 4.74 Å². The van der Waals surface area contributed by atoms with Crippen molar-refractivity contribution in [3.8, 4) is 0 Å². The Hall–Kier alpha value is -1.23. The number of hydrogen-bond acceptors (Lipinski definition) is 3. The lowest BCUT2D eigenvalue weighted by Crippen LogP contribution is -2.39. The number of carbonyl (C=O) groups is 1. The number of carbonyl (C=O) groups excluding carboxylic acids is 1. The van der Waals surface area contributed by atoms with Gasteiger partial charge in [0.1, 0.15) is 5.60 Å². The average Bonchev–Trinajstić information content (AvgIpc) is 2.27. The van der Waals surface area contributed by atoms with Crippen molar-refractivity contribution in [2.45, 2.75) is 51.8 Å². The Balaban J connectivity index is 2.17. The molecule has 2 rings (SSSR count). The first-order chi connectivity index (χ1) is 9.24. The van der Waals surface area contributed by atoms with Gasteiger partial charge in [0.2, 0.25) is 0 Å². The molecule has 4 nitrogen and oxygen atoms in total. The predicted molar refractivity (Wildman–Crippen MR) is 84.0 cm³/mol. The number of amides is 1. The average molecular weight is 341 g/mol. The van der Waals surface area contributed by atoms with Crippen LogP contribution in [0.15, 0.2) is 22.7 Å². The van der Waals surface area contributed by atoms with Crippen LogP contribution in [0.2, 0.25) is 0 Å². The summed E-state index contributed by atoms with van der Waals surface area (Å²) in [7, 11) is 0. The van der Waals surface area contributed by atoms with Crippen molar-refractivity contribution in [1.29, 1.82) is 0 Å². The number of benzene rings is 1. The van der Waals surface area contributed by atoms with Crippen molar-refractivity contribution in [1.82, 2.24) is 5.32 Å². The predicted octanol–water partition coefficient (Wildman–Crippen LogP) is 4.22. The number of anilines is 1. The van der Waals surface area contributed by atoms with Gasteiger partial charge in [-0.25, -0.2) is 4.79 Å². The van der Waals surface area contributed by atoms with Gasteiger partial charge in [0.15, 0.2) is 0 Å². The maximum absolute atomic E-state index is 12.0. The molecule has 5 heteroatoms. The van der Waals surface area contributed by atoms with Gasteiger partial charge in [-0.05, 0) is 57.9 Å². The molecule has 0 radical (unpaired) electrons. The third-order valence-electron chi connectivity index (χ3n) is 3.07. The molecule has 0 bridgehead atoms. The molecule has 2 N–H and O–H groups in total. The van der Waals surface area contributed by atoms with Crippen LogP contribution in [0.5, 0.6) is 0 Å². The Morgan fingerprint density at radius 3 is 2.80 bits per heavy atom. The standard InChI is InChI=1S/C15H21BrN2O2/c1-9-7-13(18-14(19)20-15(2,3)4)11-8-10(16)5-6-12(11)17-9/h5-6,8-9,13,17H,7H2,1-4H3,(H,18,19). The first-order valence-electron chi connectivity index (χ1n) is 6.80. The maximum Gasteiger partial charge on any atom is 0.408 e. The van der Waals surface area contributed by atoms with Crippen LogP contribution in [0.3, 0.4) is 0 Å². The van der Waals surface area contributed by atoms with Gasteiger partial charge >= 0.3 is 6.09 Å². The third-order valence-corrected chi connectivity index (χ3v) is 3.56. The number of halogens is 1. The Bertz CT molecular complexity index is 511. The van der Waals surface area contributed by atoms with Crippen molar-refractivity contribution < 1.29 is 9.53 Å². The summed E-state index contributed by atoms with van der Waals surface area (Å²) in [5.74, 6) is 0. The minimum atomic E-state index is -0.483. The number of hydrogen-bond donors (Lipinski definition) is 2. The van der Waals surface area contributed by atoms with Crippen molar-refractivity contribution in [3.63, 3.8) is 0 Å². The molecule has 0 saturated heterocycles. The fourth-order valence-electron chi connectivity index (χ4n) is 2.34. The van der Waals surface area contributed by atoms with E-state index in [1.165, 1.54) is 0 Å². The summed E-state index contributed by atoms with van der Waals surface area (Å²) in [5.41, 5.74) is 1.67. The van der Waals surface area contributed by atoms with Crippen molar-refractivity contribution >= 4 is 27.7 Å². The van der Waals surface area contributed by atoms with E-state index in [2.05, 4.69) is 33.5 Å². The lowest BCUT2D eigenvalue weighted by Gasteiger charge is -2.32. The zero-order valence-corrected chi connectivity index (χ0v) is 13.9. The SMILES string of the molecule is CC1CC(NC(=O)OC(C)(C)C)c2cc(Br)ccc2N1. The third kappa shape index (κ3) is 3.88. The lowest BCUT2D eigenvalue weighted by atomic mass is 9.94. The molecule has 1 aliphatic heterocycles. The number of fused-ring (bicyclic) bond motifs is 1. The van der Waals surface area contributed by atoms with Crippen LogP contribution < -0.4 is 10.6 Å². The first-order valence-corrected chi connectivity index (χ1v) is 7.59. The molecular weight excluding hydrogens is 320 g/mol. The molecule has 0 aliphatic carbocycles. The zero-order chi connectivity index (χ0) is 14.9. The second kappa shape index (κ2) is 5.64. The maximum atomic E-state index is 12.0. The smallest absolute Gasteiger partial charge is 0.408 e. The second-order valence-electron chi connectivity index (χ2n) is 6.21. The molecule has 0 spiro atoms. The van der Waals surface area contributed by atoms with E-state index in [1.54, 1.807) is 0 Å². The molecule has 1 aromatic rings. The quantitative estimate of drug-likeness (QED) is 0.804. The summed E-state index contributed by atoms with van der Waals surface area (Å²) in [5, 5.41) is 6.39. The van der Waals surface area contributed by atoms with Crippen LogP contribution >= 0.6 is 15.9 Å². The molecule has 2 unspecified atom stereocenters. The Kier molecular flexibility index (Phi) is 4.28. The van der Waals surface area contributed by atoms with Crippen LogP contribution in [0.4, 0.5) is 10.5 Å².